The second-order valence-corrected chi connectivity index (χ2v) is 16.8. The van der Waals surface area contributed by atoms with Gasteiger partial charge in [-0.1, -0.05) is 86.6 Å². The Kier molecular flexibility index (Phi) is 12.2. The molecule has 2 saturated carbocycles. The predicted octanol–water partition coefficient (Wildman–Crippen LogP) is 3.43. The molecule has 6 N–H and O–H groups in total. The van der Waals surface area contributed by atoms with E-state index in [1.807, 2.05) is 12.1 Å². The molecule has 2 aliphatic carbocycles. The molecule has 0 aliphatic heterocycles. The summed E-state index contributed by atoms with van der Waals surface area (Å²) in [5.41, 5.74) is -1.70. The SMILES string of the molecule is CC(C)[C@H](NC(=O)[C@@]1(NC(=O)[C@H](CC(=O)O)NC(=O)OCc2ccccc2)CC1c1ccc2ccccc2n1)C(=O)N[C@]1(/C=C/S(=O)(=O)c2ccccc2)CC1C(=O)O. The van der Waals surface area contributed by atoms with Gasteiger partial charge in [-0.15, -0.1) is 0 Å². The zero-order valence-electron chi connectivity index (χ0n) is 32.0. The minimum absolute atomic E-state index is 0.0221. The summed E-state index contributed by atoms with van der Waals surface area (Å²) in [6, 6.07) is 23.8. The molecule has 59 heavy (non-hydrogen) atoms. The predicted molar refractivity (Wildman–Crippen MR) is 212 cm³/mol. The molecular weight excluding hydrogens is 783 g/mol. The lowest BCUT2D eigenvalue weighted by atomic mass is 10.0. The summed E-state index contributed by atoms with van der Waals surface area (Å²) in [5.74, 6) is -7.89. The lowest BCUT2D eigenvalue weighted by molar-refractivity contribution is -0.141. The molecule has 0 bridgehead atoms. The molecule has 2 aliphatic rings. The number of nitrogens with one attached hydrogen (secondary N) is 4. The Morgan fingerprint density at radius 1 is 0.831 bits per heavy atom. The van der Waals surface area contributed by atoms with Gasteiger partial charge < -0.3 is 36.2 Å². The Labute approximate surface area is 339 Å². The van der Waals surface area contributed by atoms with E-state index < -0.39 is 92.9 Å². The molecule has 308 valence electrons. The second kappa shape index (κ2) is 17.1. The summed E-state index contributed by atoms with van der Waals surface area (Å²) in [5, 5.41) is 31.5. The highest BCUT2D eigenvalue weighted by Gasteiger charge is 2.64. The van der Waals surface area contributed by atoms with Crippen LogP contribution in [0.3, 0.4) is 0 Å². The number of rotatable bonds is 17. The molecule has 1 aromatic heterocycles. The van der Waals surface area contributed by atoms with E-state index in [1.54, 1.807) is 74.5 Å². The van der Waals surface area contributed by atoms with Crippen LogP contribution in [-0.4, -0.2) is 82.5 Å². The summed E-state index contributed by atoms with van der Waals surface area (Å²) >= 11 is 0. The molecule has 3 aromatic carbocycles. The quantitative estimate of drug-likeness (QED) is 0.0897. The van der Waals surface area contributed by atoms with E-state index in [0.717, 1.165) is 16.9 Å². The van der Waals surface area contributed by atoms with Crippen LogP contribution in [0.25, 0.3) is 10.9 Å². The molecule has 6 atom stereocenters. The fraction of sp³-hybridized carbons (Fsp3) is 0.310. The van der Waals surface area contributed by atoms with Gasteiger partial charge in [-0.05, 0) is 54.7 Å². The highest BCUT2D eigenvalue weighted by molar-refractivity contribution is 7.94. The van der Waals surface area contributed by atoms with Gasteiger partial charge in [0, 0.05) is 22.4 Å². The van der Waals surface area contributed by atoms with Crippen molar-refractivity contribution in [2.45, 2.75) is 73.7 Å². The first kappa shape index (κ1) is 42.0. The third-order valence-corrected chi connectivity index (χ3v) is 11.8. The maximum absolute atomic E-state index is 14.5. The van der Waals surface area contributed by atoms with Gasteiger partial charge in [0.1, 0.15) is 24.2 Å². The Morgan fingerprint density at radius 3 is 2.14 bits per heavy atom. The van der Waals surface area contributed by atoms with Crippen molar-refractivity contribution in [1.82, 2.24) is 26.3 Å². The number of amides is 4. The van der Waals surface area contributed by atoms with Gasteiger partial charge in [0.15, 0.2) is 9.84 Å². The van der Waals surface area contributed by atoms with Crippen molar-refractivity contribution in [2.24, 2.45) is 11.8 Å². The molecule has 2 fully saturated rings. The summed E-state index contributed by atoms with van der Waals surface area (Å²) in [4.78, 5) is 83.8. The van der Waals surface area contributed by atoms with Gasteiger partial charge in [0.05, 0.1) is 28.3 Å². The average Bonchev–Trinajstić information content (AvgIpc) is 4.13. The van der Waals surface area contributed by atoms with E-state index in [4.69, 9.17) is 9.72 Å². The van der Waals surface area contributed by atoms with Crippen LogP contribution in [0.5, 0.6) is 0 Å². The van der Waals surface area contributed by atoms with E-state index in [0.29, 0.717) is 16.8 Å². The van der Waals surface area contributed by atoms with E-state index in [1.165, 1.54) is 24.3 Å². The number of hydrogen-bond acceptors (Lipinski definition) is 10. The molecule has 4 aromatic rings. The largest absolute Gasteiger partial charge is 0.481 e. The van der Waals surface area contributed by atoms with Crippen molar-refractivity contribution >= 4 is 56.5 Å². The Hall–Kier alpha value is -6.62. The molecule has 0 radical (unpaired) electrons. The molecular formula is C42H43N5O11S. The fourth-order valence-corrected chi connectivity index (χ4v) is 8.02. The third-order valence-electron chi connectivity index (χ3n) is 10.4. The highest BCUT2D eigenvalue weighted by atomic mass is 32.2. The van der Waals surface area contributed by atoms with Crippen molar-refractivity contribution in [2.75, 3.05) is 0 Å². The smallest absolute Gasteiger partial charge is 0.408 e. The first-order valence-electron chi connectivity index (χ1n) is 18.8. The topological polar surface area (TPSA) is 247 Å². The van der Waals surface area contributed by atoms with Crippen molar-refractivity contribution in [3.63, 3.8) is 0 Å². The summed E-state index contributed by atoms with van der Waals surface area (Å²) in [6.45, 7) is 3.09. The number of carboxylic acids is 2. The number of sulfone groups is 1. The molecule has 6 rings (SSSR count). The first-order chi connectivity index (χ1) is 28.0. The number of aliphatic carboxylic acids is 2. The van der Waals surface area contributed by atoms with Gasteiger partial charge in [-0.3, -0.25) is 29.0 Å². The lowest BCUT2D eigenvalue weighted by Crippen LogP contribution is -2.60. The van der Waals surface area contributed by atoms with Crippen LogP contribution in [0.4, 0.5) is 4.79 Å². The highest BCUT2D eigenvalue weighted by Crippen LogP contribution is 2.52. The number of para-hydroxylation sites is 1. The molecule has 0 spiro atoms. The Morgan fingerprint density at radius 2 is 1.49 bits per heavy atom. The van der Waals surface area contributed by atoms with Crippen LogP contribution in [0.1, 0.15) is 50.3 Å². The van der Waals surface area contributed by atoms with Crippen LogP contribution in [0, 0.1) is 11.8 Å². The van der Waals surface area contributed by atoms with Gasteiger partial charge in [0.25, 0.3) is 0 Å². The number of hydrogen-bond donors (Lipinski definition) is 6. The lowest BCUT2D eigenvalue weighted by Gasteiger charge is -2.28. The number of nitrogens with zero attached hydrogens (tertiary/aromatic N) is 1. The number of ether oxygens (including phenoxy) is 1. The number of benzene rings is 3. The number of fused-ring (bicyclic) bond motifs is 1. The van der Waals surface area contributed by atoms with Crippen LogP contribution >= 0.6 is 0 Å². The summed E-state index contributed by atoms with van der Waals surface area (Å²) in [7, 11) is -4.01. The van der Waals surface area contributed by atoms with E-state index in [-0.39, 0.29) is 24.3 Å². The minimum atomic E-state index is -4.01. The zero-order valence-corrected chi connectivity index (χ0v) is 32.8. The third kappa shape index (κ3) is 9.75. The minimum Gasteiger partial charge on any atom is -0.481 e. The van der Waals surface area contributed by atoms with Gasteiger partial charge >= 0.3 is 18.0 Å². The van der Waals surface area contributed by atoms with Crippen LogP contribution < -0.4 is 21.3 Å². The summed E-state index contributed by atoms with van der Waals surface area (Å²) < 4.78 is 31.3. The Bertz CT molecular complexity index is 2410. The fourth-order valence-electron chi connectivity index (χ4n) is 6.90. The number of carbonyl (C=O) groups excluding carboxylic acids is 4. The van der Waals surface area contributed by atoms with Crippen molar-refractivity contribution in [3.8, 4) is 0 Å². The second-order valence-electron chi connectivity index (χ2n) is 15.0. The molecule has 4 amide bonds. The first-order valence-corrected chi connectivity index (χ1v) is 20.3. The van der Waals surface area contributed by atoms with E-state index >= 15 is 0 Å². The molecule has 1 heterocycles. The van der Waals surface area contributed by atoms with Crippen molar-refractivity contribution in [3.05, 3.63) is 120 Å². The number of aromatic nitrogens is 1. The monoisotopic (exact) mass is 825 g/mol. The molecule has 0 saturated heterocycles. The zero-order chi connectivity index (χ0) is 42.5. The number of alkyl carbamates (subject to hydrolysis) is 1. The maximum atomic E-state index is 14.5. The van der Waals surface area contributed by atoms with Gasteiger partial charge in [-0.2, -0.15) is 0 Å². The van der Waals surface area contributed by atoms with Crippen molar-refractivity contribution < 1.29 is 52.1 Å². The maximum Gasteiger partial charge on any atom is 0.408 e. The Balaban J connectivity index is 1.25. The average molecular weight is 826 g/mol. The van der Waals surface area contributed by atoms with Gasteiger partial charge in [-0.25, -0.2) is 13.2 Å². The normalized spacial score (nSPS) is 21.8. The van der Waals surface area contributed by atoms with Crippen LogP contribution in [0.2, 0.25) is 0 Å². The van der Waals surface area contributed by atoms with Crippen LogP contribution in [-0.2, 0) is 45.2 Å². The molecule has 2 unspecified atom stereocenters. The number of carbonyl (C=O) groups is 6. The number of pyridine rings is 1. The van der Waals surface area contributed by atoms with Crippen molar-refractivity contribution in [1.29, 1.82) is 0 Å². The van der Waals surface area contributed by atoms with Gasteiger partial charge in [0.2, 0.25) is 17.7 Å². The molecule has 16 nitrogen and oxygen atoms in total. The standard InChI is InChI=1S/C42H43N5O11S/c1-25(2)35(37(51)46-41(22-30(41)38(52)53)19-20-59(56,57)28-14-7-4-8-15-28)45-39(54)42(23-29(42)32-18-17-27-13-9-10-16-31(27)43-32)47-36(50)33(21-34(48)49)44-40(55)58-24-26-11-5-3-6-12-26/h3-20,25,29-30,33,35H,21-24H2,1-2H3,(H,44,55)(H,45,54)(H,46,51)(H,47,50)(H,48,49)(H,52,53)/b20-19+/t29?,30?,33-,35-,41+,42+/m0/s1. The molecule has 17 heteroatoms. The summed E-state index contributed by atoms with van der Waals surface area (Å²) in [6.07, 6.45) is -0.940. The van der Waals surface area contributed by atoms with E-state index in [9.17, 15) is 47.4 Å². The van der Waals surface area contributed by atoms with E-state index in [2.05, 4.69) is 21.3 Å². The van der Waals surface area contributed by atoms with Crippen LogP contribution in [0.15, 0.2) is 113 Å². The number of carboxylic acid groups (broad SMARTS) is 2.